The van der Waals surface area contributed by atoms with Crippen molar-refractivity contribution >= 4 is 5.91 Å². The van der Waals surface area contributed by atoms with Crippen LogP contribution in [0, 0.1) is 0 Å². The molecule has 1 amide bonds. The maximum Gasteiger partial charge on any atom is 0.254 e. The van der Waals surface area contributed by atoms with Gasteiger partial charge in [0.2, 0.25) is 0 Å². The lowest BCUT2D eigenvalue weighted by molar-refractivity contribution is 0.0733. The summed E-state index contributed by atoms with van der Waals surface area (Å²) in [6, 6.07) is 6.58. The van der Waals surface area contributed by atoms with Crippen molar-refractivity contribution in [1.82, 2.24) is 20.2 Å². The number of carbonyl (C=O) groups is 1. The lowest BCUT2D eigenvalue weighted by Crippen LogP contribution is -2.37. The molecule has 140 valence electrons. The standard InChI is InChI=1S/C22H26N4O/c27-22(17-8-7-15-4-1-2-5-16(15)12-17)26-11-9-19-18(14-26)13-24-21(25-19)20-6-3-10-23-20/h7-8,12-13,20,23H,1-6,9-11,14H2/t20-/m0/s1. The van der Waals surface area contributed by atoms with E-state index in [1.807, 2.05) is 17.2 Å². The fraction of sp³-hybridized carbons (Fsp3) is 0.500. The third kappa shape index (κ3) is 3.25. The predicted octanol–water partition coefficient (Wildman–Crippen LogP) is 2.98. The van der Waals surface area contributed by atoms with Gasteiger partial charge in [-0.05, 0) is 68.3 Å². The first kappa shape index (κ1) is 16.9. The van der Waals surface area contributed by atoms with Gasteiger partial charge in [-0.2, -0.15) is 0 Å². The van der Waals surface area contributed by atoms with Crippen LogP contribution in [0.5, 0.6) is 0 Å². The quantitative estimate of drug-likeness (QED) is 0.892. The van der Waals surface area contributed by atoms with Crippen molar-refractivity contribution in [3.8, 4) is 0 Å². The van der Waals surface area contributed by atoms with Gasteiger partial charge in [-0.25, -0.2) is 9.97 Å². The smallest absolute Gasteiger partial charge is 0.254 e. The number of nitrogens with one attached hydrogen (secondary N) is 1. The van der Waals surface area contributed by atoms with Crippen LogP contribution in [0.25, 0.3) is 0 Å². The van der Waals surface area contributed by atoms with Crippen LogP contribution in [0.4, 0.5) is 0 Å². The Bertz CT molecular complexity index is 873. The second-order valence-corrected chi connectivity index (χ2v) is 8.02. The molecule has 1 aromatic carbocycles. The fourth-order valence-corrected chi connectivity index (χ4v) is 4.63. The van der Waals surface area contributed by atoms with Gasteiger partial charge >= 0.3 is 0 Å². The van der Waals surface area contributed by atoms with E-state index >= 15 is 0 Å². The number of amides is 1. The van der Waals surface area contributed by atoms with Gasteiger partial charge in [0.25, 0.3) is 5.91 Å². The first-order valence-electron chi connectivity index (χ1n) is 10.3. The van der Waals surface area contributed by atoms with E-state index in [2.05, 4.69) is 22.4 Å². The number of nitrogens with zero attached hydrogens (tertiary/aromatic N) is 3. The van der Waals surface area contributed by atoms with E-state index in [9.17, 15) is 4.79 Å². The van der Waals surface area contributed by atoms with Crippen molar-refractivity contribution in [3.63, 3.8) is 0 Å². The van der Waals surface area contributed by atoms with Gasteiger partial charge in [0.1, 0.15) is 5.82 Å². The van der Waals surface area contributed by atoms with Crippen LogP contribution in [0.15, 0.2) is 24.4 Å². The highest BCUT2D eigenvalue weighted by Gasteiger charge is 2.26. The fourth-order valence-electron chi connectivity index (χ4n) is 4.63. The Balaban J connectivity index is 1.33. The van der Waals surface area contributed by atoms with E-state index in [4.69, 9.17) is 4.98 Å². The summed E-state index contributed by atoms with van der Waals surface area (Å²) in [6.07, 6.45) is 9.80. The highest BCUT2D eigenvalue weighted by molar-refractivity contribution is 5.94. The van der Waals surface area contributed by atoms with Crippen LogP contribution in [0.3, 0.4) is 0 Å². The zero-order valence-corrected chi connectivity index (χ0v) is 15.7. The minimum absolute atomic E-state index is 0.135. The molecule has 1 atom stereocenters. The van der Waals surface area contributed by atoms with E-state index in [0.29, 0.717) is 12.6 Å². The third-order valence-corrected chi connectivity index (χ3v) is 6.21. The molecule has 5 rings (SSSR count). The molecule has 3 aliphatic rings. The summed E-state index contributed by atoms with van der Waals surface area (Å²) in [6.45, 7) is 2.40. The number of hydrogen-bond donors (Lipinski definition) is 1. The zero-order chi connectivity index (χ0) is 18.2. The molecule has 0 unspecified atom stereocenters. The van der Waals surface area contributed by atoms with Crippen LogP contribution in [0.2, 0.25) is 0 Å². The molecule has 5 nitrogen and oxygen atoms in total. The first-order chi connectivity index (χ1) is 13.3. The van der Waals surface area contributed by atoms with Gasteiger partial charge in [0.15, 0.2) is 0 Å². The lowest BCUT2D eigenvalue weighted by atomic mass is 9.90. The maximum atomic E-state index is 13.0. The molecule has 1 fully saturated rings. The van der Waals surface area contributed by atoms with Crippen molar-refractivity contribution in [2.75, 3.05) is 13.1 Å². The molecule has 0 saturated carbocycles. The zero-order valence-electron chi connectivity index (χ0n) is 15.7. The second-order valence-electron chi connectivity index (χ2n) is 8.02. The molecule has 0 radical (unpaired) electrons. The summed E-state index contributed by atoms with van der Waals surface area (Å²) in [5, 5.41) is 3.46. The molecule has 2 aliphatic heterocycles. The van der Waals surface area contributed by atoms with E-state index in [0.717, 1.165) is 61.4 Å². The topological polar surface area (TPSA) is 58.1 Å². The Labute approximate surface area is 160 Å². The number of aryl methyl sites for hydroxylation is 2. The largest absolute Gasteiger partial charge is 0.334 e. The Morgan fingerprint density at radius 3 is 2.81 bits per heavy atom. The molecule has 0 spiro atoms. The summed E-state index contributed by atoms with van der Waals surface area (Å²) < 4.78 is 0. The Kier molecular flexibility index (Phi) is 4.40. The molecule has 5 heteroatoms. The Hall–Kier alpha value is -2.27. The minimum Gasteiger partial charge on any atom is -0.334 e. The molecule has 2 aromatic rings. The van der Waals surface area contributed by atoms with Crippen molar-refractivity contribution in [2.45, 2.75) is 57.5 Å². The highest BCUT2D eigenvalue weighted by Crippen LogP contribution is 2.26. The molecule has 3 heterocycles. The second kappa shape index (κ2) is 7.04. The van der Waals surface area contributed by atoms with Crippen LogP contribution in [-0.2, 0) is 25.8 Å². The number of carbonyl (C=O) groups excluding carboxylic acids is 1. The molecule has 1 saturated heterocycles. The summed E-state index contributed by atoms with van der Waals surface area (Å²) in [7, 11) is 0. The predicted molar refractivity (Wildman–Crippen MR) is 104 cm³/mol. The first-order valence-corrected chi connectivity index (χ1v) is 10.3. The van der Waals surface area contributed by atoms with Crippen LogP contribution in [-0.4, -0.2) is 33.9 Å². The van der Waals surface area contributed by atoms with Gasteiger partial charge in [-0.1, -0.05) is 6.07 Å². The summed E-state index contributed by atoms with van der Waals surface area (Å²) in [5.74, 6) is 1.05. The number of fused-ring (bicyclic) bond motifs is 2. The monoisotopic (exact) mass is 362 g/mol. The molecular weight excluding hydrogens is 336 g/mol. The summed E-state index contributed by atoms with van der Waals surface area (Å²) in [4.78, 5) is 24.4. The number of rotatable bonds is 2. The molecule has 0 bridgehead atoms. The van der Waals surface area contributed by atoms with Crippen LogP contribution < -0.4 is 5.32 Å². The third-order valence-electron chi connectivity index (χ3n) is 6.21. The van der Waals surface area contributed by atoms with Crippen molar-refractivity contribution in [3.05, 3.63) is 58.2 Å². The van der Waals surface area contributed by atoms with E-state index in [-0.39, 0.29) is 5.91 Å². The van der Waals surface area contributed by atoms with Gasteiger partial charge in [-0.3, -0.25) is 4.79 Å². The van der Waals surface area contributed by atoms with Gasteiger partial charge in [-0.15, -0.1) is 0 Å². The van der Waals surface area contributed by atoms with Gasteiger partial charge < -0.3 is 10.2 Å². The normalized spacial score (nSPS) is 21.6. The molecule has 1 aliphatic carbocycles. The Morgan fingerprint density at radius 1 is 1.07 bits per heavy atom. The number of aromatic nitrogens is 2. The number of hydrogen-bond acceptors (Lipinski definition) is 4. The average molecular weight is 362 g/mol. The lowest BCUT2D eigenvalue weighted by Gasteiger charge is -2.29. The van der Waals surface area contributed by atoms with Crippen molar-refractivity contribution < 1.29 is 4.79 Å². The van der Waals surface area contributed by atoms with E-state index < -0.39 is 0 Å². The van der Waals surface area contributed by atoms with Gasteiger partial charge in [0, 0.05) is 36.8 Å². The van der Waals surface area contributed by atoms with Crippen LogP contribution >= 0.6 is 0 Å². The molecule has 1 aromatic heterocycles. The van der Waals surface area contributed by atoms with Crippen molar-refractivity contribution in [2.24, 2.45) is 0 Å². The number of benzene rings is 1. The molecular formula is C22H26N4O. The van der Waals surface area contributed by atoms with E-state index in [1.54, 1.807) is 0 Å². The van der Waals surface area contributed by atoms with Crippen LogP contribution in [0.1, 0.15) is 70.3 Å². The van der Waals surface area contributed by atoms with Crippen molar-refractivity contribution in [1.29, 1.82) is 0 Å². The minimum atomic E-state index is 0.135. The summed E-state index contributed by atoms with van der Waals surface area (Å²) in [5.41, 5.74) is 5.81. The molecule has 27 heavy (non-hydrogen) atoms. The average Bonchev–Trinajstić information content (AvgIpc) is 3.27. The highest BCUT2D eigenvalue weighted by atomic mass is 16.2. The summed E-state index contributed by atoms with van der Waals surface area (Å²) >= 11 is 0. The van der Waals surface area contributed by atoms with Gasteiger partial charge in [0.05, 0.1) is 11.7 Å². The Morgan fingerprint density at radius 2 is 1.96 bits per heavy atom. The SMILES string of the molecule is O=C(c1ccc2c(c1)CCCC2)N1CCc2nc([C@@H]3CCCN3)ncc2C1. The van der Waals surface area contributed by atoms with E-state index in [1.165, 1.54) is 30.4 Å². The maximum absolute atomic E-state index is 13.0. The molecule has 1 N–H and O–H groups in total.